The van der Waals surface area contributed by atoms with Crippen molar-refractivity contribution in [3.05, 3.63) is 58.7 Å². The van der Waals surface area contributed by atoms with Crippen molar-refractivity contribution in [3.63, 3.8) is 0 Å². The van der Waals surface area contributed by atoms with Crippen LogP contribution in [0.5, 0.6) is 17.2 Å². The number of aryl methyl sites for hydroxylation is 1. The average Bonchev–Trinajstić information content (AvgIpc) is 3.27. The smallest absolute Gasteiger partial charge is 0.295 e. The van der Waals surface area contributed by atoms with E-state index in [2.05, 4.69) is 11.8 Å². The summed E-state index contributed by atoms with van der Waals surface area (Å²) in [5, 5.41) is 11.6. The first-order chi connectivity index (χ1) is 20.9. The van der Waals surface area contributed by atoms with Crippen LogP contribution in [0, 0.1) is 6.92 Å². The van der Waals surface area contributed by atoms with Crippen molar-refractivity contribution in [2.75, 3.05) is 59.7 Å². The van der Waals surface area contributed by atoms with E-state index in [1.54, 1.807) is 24.1 Å². The third kappa shape index (κ3) is 7.89. The van der Waals surface area contributed by atoms with Crippen molar-refractivity contribution in [1.82, 2.24) is 9.80 Å². The maximum Gasteiger partial charge on any atom is 0.295 e. The summed E-state index contributed by atoms with van der Waals surface area (Å²) in [4.78, 5) is 31.0. The fourth-order valence-corrected chi connectivity index (χ4v) is 5.61. The van der Waals surface area contributed by atoms with Crippen LogP contribution in [0.15, 0.2) is 42.0 Å². The summed E-state index contributed by atoms with van der Waals surface area (Å²) >= 11 is 0. The van der Waals surface area contributed by atoms with Gasteiger partial charge in [-0.25, -0.2) is 0 Å². The van der Waals surface area contributed by atoms with Crippen molar-refractivity contribution >= 4 is 17.4 Å². The minimum absolute atomic E-state index is 0.0698. The molecule has 9 heteroatoms. The maximum absolute atomic E-state index is 13.6. The summed E-state index contributed by atoms with van der Waals surface area (Å²) < 4.78 is 22.9. The lowest BCUT2D eigenvalue weighted by Gasteiger charge is -2.29. The Labute approximate surface area is 255 Å². The molecule has 43 heavy (non-hydrogen) atoms. The minimum Gasteiger partial charge on any atom is -0.507 e. The molecule has 0 saturated carbocycles. The van der Waals surface area contributed by atoms with Gasteiger partial charge in [-0.3, -0.25) is 14.5 Å². The second kappa shape index (κ2) is 15.8. The van der Waals surface area contributed by atoms with Gasteiger partial charge in [0.05, 0.1) is 45.2 Å². The summed E-state index contributed by atoms with van der Waals surface area (Å²) in [7, 11) is 1.57. The number of amides is 1. The van der Waals surface area contributed by atoms with E-state index in [1.165, 1.54) is 0 Å². The van der Waals surface area contributed by atoms with Crippen LogP contribution in [-0.2, 0) is 14.3 Å². The van der Waals surface area contributed by atoms with E-state index in [-0.39, 0.29) is 11.3 Å². The van der Waals surface area contributed by atoms with Crippen LogP contribution in [0.1, 0.15) is 68.7 Å². The third-order valence-electron chi connectivity index (χ3n) is 7.95. The molecule has 0 aliphatic carbocycles. The van der Waals surface area contributed by atoms with Crippen LogP contribution in [0.2, 0.25) is 0 Å². The zero-order valence-electron chi connectivity index (χ0n) is 26.0. The largest absolute Gasteiger partial charge is 0.507 e. The number of ketones is 1. The molecular weight excluding hydrogens is 548 g/mol. The molecule has 4 rings (SSSR count). The molecule has 1 atom stereocenters. The number of morpholine rings is 1. The van der Waals surface area contributed by atoms with E-state index in [0.29, 0.717) is 67.8 Å². The van der Waals surface area contributed by atoms with Gasteiger partial charge in [-0.15, -0.1) is 0 Å². The zero-order chi connectivity index (χ0) is 30.8. The molecule has 2 saturated heterocycles. The van der Waals surface area contributed by atoms with Gasteiger partial charge in [0.25, 0.3) is 11.7 Å². The van der Waals surface area contributed by atoms with Gasteiger partial charge in [-0.2, -0.15) is 0 Å². The number of carbonyl (C=O) groups is 2. The van der Waals surface area contributed by atoms with Gasteiger partial charge in [0.2, 0.25) is 0 Å². The molecule has 2 aromatic rings. The number of nitrogens with zero attached hydrogens (tertiary/aromatic N) is 2. The number of rotatable bonds is 15. The third-order valence-corrected chi connectivity index (χ3v) is 7.95. The summed E-state index contributed by atoms with van der Waals surface area (Å²) in [6.07, 6.45) is 4.66. The van der Waals surface area contributed by atoms with E-state index < -0.39 is 17.7 Å². The normalized spacial score (nSPS) is 18.7. The molecule has 2 aromatic carbocycles. The lowest BCUT2D eigenvalue weighted by atomic mass is 9.93. The first kappa shape index (κ1) is 32.4. The molecule has 2 aliphatic heterocycles. The monoisotopic (exact) mass is 594 g/mol. The first-order valence-corrected chi connectivity index (χ1v) is 15.5. The fraction of sp³-hybridized carbons (Fsp3) is 0.529. The van der Waals surface area contributed by atoms with Gasteiger partial charge < -0.3 is 29.0 Å². The summed E-state index contributed by atoms with van der Waals surface area (Å²) in [6.45, 7) is 11.4. The Hall–Kier alpha value is -3.56. The van der Waals surface area contributed by atoms with Crippen molar-refractivity contribution in [3.8, 4) is 17.2 Å². The van der Waals surface area contributed by atoms with Crippen LogP contribution >= 0.6 is 0 Å². The van der Waals surface area contributed by atoms with Gasteiger partial charge in [-0.05, 0) is 67.6 Å². The molecule has 9 nitrogen and oxygen atoms in total. The van der Waals surface area contributed by atoms with Crippen molar-refractivity contribution < 1.29 is 33.6 Å². The molecule has 0 radical (unpaired) electrons. The second-order valence-electron chi connectivity index (χ2n) is 11.1. The number of aliphatic hydroxyl groups is 1. The Balaban J connectivity index is 1.70. The lowest BCUT2D eigenvalue weighted by Crippen LogP contribution is -2.39. The van der Waals surface area contributed by atoms with Crippen molar-refractivity contribution in [2.24, 2.45) is 0 Å². The molecule has 1 N–H and O–H groups in total. The highest BCUT2D eigenvalue weighted by Gasteiger charge is 2.46. The van der Waals surface area contributed by atoms with Gasteiger partial charge in [0, 0.05) is 31.7 Å². The molecule has 0 aromatic heterocycles. The maximum atomic E-state index is 13.6. The second-order valence-corrected chi connectivity index (χ2v) is 11.1. The average molecular weight is 595 g/mol. The fourth-order valence-electron chi connectivity index (χ4n) is 5.61. The number of likely N-dealkylation sites (tertiary alicyclic amines) is 1. The van der Waals surface area contributed by atoms with Gasteiger partial charge in [0.15, 0.2) is 11.5 Å². The van der Waals surface area contributed by atoms with Crippen LogP contribution in [-0.4, -0.2) is 86.3 Å². The molecular formula is C34H46N2O7. The summed E-state index contributed by atoms with van der Waals surface area (Å²) in [5.41, 5.74) is 1.98. The number of ether oxygens (including phenoxy) is 4. The number of hydrogen-bond donors (Lipinski definition) is 1. The highest BCUT2D eigenvalue weighted by molar-refractivity contribution is 6.46. The van der Waals surface area contributed by atoms with Crippen molar-refractivity contribution in [1.29, 1.82) is 0 Å². The Morgan fingerprint density at radius 3 is 2.42 bits per heavy atom. The van der Waals surface area contributed by atoms with E-state index in [4.69, 9.17) is 18.9 Å². The summed E-state index contributed by atoms with van der Waals surface area (Å²) in [5.74, 6) is 0.297. The number of carbonyl (C=O) groups excluding carboxylic acids is 2. The number of benzene rings is 2. The Bertz CT molecular complexity index is 1290. The molecule has 1 amide bonds. The zero-order valence-corrected chi connectivity index (χ0v) is 26.0. The Morgan fingerprint density at radius 2 is 1.72 bits per heavy atom. The predicted molar refractivity (Wildman–Crippen MR) is 166 cm³/mol. The molecule has 2 heterocycles. The molecule has 2 fully saturated rings. The lowest BCUT2D eigenvalue weighted by molar-refractivity contribution is -0.140. The molecule has 0 bridgehead atoms. The van der Waals surface area contributed by atoms with E-state index in [0.717, 1.165) is 50.9 Å². The SMILES string of the molecule is CCCCCOc1ccc(C2/C(=C(\O)c3ccc(OCCC)cc3C)C(=O)C(=O)N2CCCN2CCOCC2)cc1OC. The molecule has 0 spiro atoms. The number of aliphatic hydroxyl groups excluding tert-OH is 1. The Morgan fingerprint density at radius 1 is 0.930 bits per heavy atom. The standard InChI is InChI=1S/C34H46N2O7/c1-5-7-8-19-43-28-13-10-25(23-29(28)40-4)31-30(32(37)27-12-11-26(22-24(27)3)42-18-6-2)33(38)34(39)36(31)15-9-14-35-16-20-41-21-17-35/h10-13,22-23,31,37H,5-9,14-21H2,1-4H3/b32-30+. The van der Waals surface area contributed by atoms with E-state index in [1.807, 2.05) is 38.1 Å². The molecule has 1 unspecified atom stereocenters. The van der Waals surface area contributed by atoms with Crippen LogP contribution in [0.25, 0.3) is 5.76 Å². The van der Waals surface area contributed by atoms with Crippen molar-refractivity contribution in [2.45, 2.75) is 58.9 Å². The highest BCUT2D eigenvalue weighted by Crippen LogP contribution is 2.42. The quantitative estimate of drug-likeness (QED) is 0.125. The minimum atomic E-state index is -0.775. The molecule has 2 aliphatic rings. The van der Waals surface area contributed by atoms with Crippen LogP contribution < -0.4 is 14.2 Å². The number of Topliss-reactive ketones (excluding diaryl/α,β-unsaturated/α-hetero) is 1. The Kier molecular flexibility index (Phi) is 11.9. The van der Waals surface area contributed by atoms with E-state index in [9.17, 15) is 14.7 Å². The number of methoxy groups -OCH3 is 1. The van der Waals surface area contributed by atoms with Gasteiger partial charge in [-0.1, -0.05) is 32.8 Å². The highest BCUT2D eigenvalue weighted by atomic mass is 16.5. The number of hydrogen-bond acceptors (Lipinski definition) is 8. The summed E-state index contributed by atoms with van der Waals surface area (Å²) in [6, 6.07) is 10.1. The molecule has 234 valence electrons. The van der Waals surface area contributed by atoms with Crippen LogP contribution in [0.4, 0.5) is 0 Å². The van der Waals surface area contributed by atoms with E-state index >= 15 is 0 Å². The van der Waals surface area contributed by atoms with Crippen LogP contribution in [0.3, 0.4) is 0 Å². The topological polar surface area (TPSA) is 97.8 Å². The first-order valence-electron chi connectivity index (χ1n) is 15.5. The van der Waals surface area contributed by atoms with Gasteiger partial charge >= 0.3 is 0 Å². The predicted octanol–water partition coefficient (Wildman–Crippen LogP) is 5.51. The number of unbranched alkanes of at least 4 members (excludes halogenated alkanes) is 2. The van der Waals surface area contributed by atoms with Gasteiger partial charge in [0.1, 0.15) is 11.5 Å².